The summed E-state index contributed by atoms with van der Waals surface area (Å²) in [5, 5.41) is 14.2. The first-order valence-electron chi connectivity index (χ1n) is 7.76. The average molecular weight is 347 g/mol. The molecule has 2 aromatic carbocycles. The van der Waals surface area contributed by atoms with Crippen molar-refractivity contribution >= 4 is 11.6 Å². The largest absolute Gasteiger partial charge is 0.459 e. The summed E-state index contributed by atoms with van der Waals surface area (Å²) in [6.45, 7) is 0. The van der Waals surface area contributed by atoms with Crippen LogP contribution < -0.4 is 10.1 Å². The van der Waals surface area contributed by atoms with Crippen LogP contribution in [-0.2, 0) is 0 Å². The van der Waals surface area contributed by atoms with Gasteiger partial charge < -0.3 is 14.5 Å². The first-order valence-corrected chi connectivity index (χ1v) is 7.76. The lowest BCUT2D eigenvalue weighted by Crippen LogP contribution is -2.10. The van der Waals surface area contributed by atoms with E-state index in [-0.39, 0.29) is 17.7 Å². The minimum Gasteiger partial charge on any atom is -0.459 e. The fourth-order valence-corrected chi connectivity index (χ4v) is 2.29. The monoisotopic (exact) mass is 347 g/mol. The molecule has 8 nitrogen and oxygen atoms in total. The number of ether oxygens (including phenoxy) is 1. The van der Waals surface area contributed by atoms with E-state index in [0.29, 0.717) is 11.4 Å². The summed E-state index contributed by atoms with van der Waals surface area (Å²) in [5.41, 5.74) is 1.40. The number of para-hydroxylation sites is 1. The first kappa shape index (κ1) is 15.6. The maximum absolute atomic E-state index is 12.0. The van der Waals surface area contributed by atoms with Gasteiger partial charge in [0.05, 0.1) is 12.0 Å². The van der Waals surface area contributed by atoms with E-state index in [1.807, 2.05) is 30.3 Å². The summed E-state index contributed by atoms with van der Waals surface area (Å²) in [6, 6.07) is 19.8. The number of rotatable bonds is 5. The van der Waals surface area contributed by atoms with Crippen LogP contribution in [0.4, 0.5) is 5.69 Å². The Morgan fingerprint density at radius 1 is 1.00 bits per heavy atom. The van der Waals surface area contributed by atoms with Crippen LogP contribution in [0.2, 0.25) is 0 Å². The van der Waals surface area contributed by atoms with Crippen molar-refractivity contribution < 1.29 is 13.9 Å². The van der Waals surface area contributed by atoms with E-state index in [1.54, 1.807) is 36.4 Å². The van der Waals surface area contributed by atoms with E-state index < -0.39 is 0 Å². The van der Waals surface area contributed by atoms with E-state index in [0.717, 1.165) is 5.69 Å². The van der Waals surface area contributed by atoms with Gasteiger partial charge in [0.2, 0.25) is 0 Å². The van der Waals surface area contributed by atoms with Crippen molar-refractivity contribution in [3.63, 3.8) is 0 Å². The molecule has 2 heterocycles. The predicted molar refractivity (Wildman–Crippen MR) is 92.3 cm³/mol. The smallest absolute Gasteiger partial charge is 0.345 e. The first-order chi connectivity index (χ1) is 12.8. The Labute approximate surface area is 148 Å². The lowest BCUT2D eigenvalue weighted by Gasteiger charge is -2.07. The molecule has 0 spiro atoms. The normalized spacial score (nSPS) is 10.5. The van der Waals surface area contributed by atoms with Crippen LogP contribution in [0.25, 0.3) is 5.69 Å². The number of nitrogens with one attached hydrogen (secondary N) is 1. The van der Waals surface area contributed by atoms with Crippen LogP contribution in [0.15, 0.2) is 77.4 Å². The van der Waals surface area contributed by atoms with Crippen molar-refractivity contribution in [2.75, 3.05) is 5.32 Å². The summed E-state index contributed by atoms with van der Waals surface area (Å²) in [4.78, 5) is 12.0. The fourth-order valence-electron chi connectivity index (χ4n) is 2.29. The van der Waals surface area contributed by atoms with Crippen molar-refractivity contribution in [1.82, 2.24) is 20.2 Å². The van der Waals surface area contributed by atoms with Gasteiger partial charge in [-0.05, 0) is 59.0 Å². The third kappa shape index (κ3) is 3.29. The van der Waals surface area contributed by atoms with Crippen LogP contribution in [-0.4, -0.2) is 26.1 Å². The number of carbonyl (C=O) groups excluding carboxylic acids is 1. The Bertz CT molecular complexity index is 995. The van der Waals surface area contributed by atoms with Crippen molar-refractivity contribution in [2.45, 2.75) is 0 Å². The number of hydrogen-bond acceptors (Lipinski definition) is 6. The SMILES string of the molecule is O=C(Nc1ccc(Oc2nnnn2-c2ccccc2)cc1)c1ccco1. The van der Waals surface area contributed by atoms with Crippen LogP contribution in [0, 0.1) is 0 Å². The second-order valence-corrected chi connectivity index (χ2v) is 5.27. The molecule has 1 amide bonds. The fraction of sp³-hybridized carbons (Fsp3) is 0. The molecule has 1 N–H and O–H groups in total. The zero-order valence-corrected chi connectivity index (χ0v) is 13.4. The van der Waals surface area contributed by atoms with E-state index in [2.05, 4.69) is 20.8 Å². The number of nitrogens with zero attached hydrogens (tertiary/aromatic N) is 4. The average Bonchev–Trinajstić information content (AvgIpc) is 3.36. The quantitative estimate of drug-likeness (QED) is 0.595. The molecule has 26 heavy (non-hydrogen) atoms. The molecule has 0 fully saturated rings. The number of carbonyl (C=O) groups is 1. The molecule has 0 saturated carbocycles. The van der Waals surface area contributed by atoms with Crippen LogP contribution >= 0.6 is 0 Å². The van der Waals surface area contributed by atoms with Crippen molar-refractivity contribution in [1.29, 1.82) is 0 Å². The highest BCUT2D eigenvalue weighted by Gasteiger charge is 2.11. The Morgan fingerprint density at radius 2 is 1.81 bits per heavy atom. The Morgan fingerprint density at radius 3 is 2.54 bits per heavy atom. The third-order valence-electron chi connectivity index (χ3n) is 3.51. The standard InChI is InChI=1S/C18H13N5O3/c24-17(16-7-4-12-25-16)19-13-8-10-15(11-9-13)26-18-20-21-22-23(18)14-5-2-1-3-6-14/h1-12H,(H,19,24). The maximum Gasteiger partial charge on any atom is 0.345 e. The molecule has 8 heteroatoms. The molecule has 4 aromatic rings. The maximum atomic E-state index is 12.0. The molecule has 0 saturated heterocycles. The van der Waals surface area contributed by atoms with Gasteiger partial charge in [0.1, 0.15) is 5.75 Å². The number of benzene rings is 2. The van der Waals surface area contributed by atoms with E-state index in [1.165, 1.54) is 10.9 Å². The van der Waals surface area contributed by atoms with E-state index >= 15 is 0 Å². The lowest BCUT2D eigenvalue weighted by molar-refractivity contribution is 0.0996. The molecule has 2 aromatic heterocycles. The highest BCUT2D eigenvalue weighted by Crippen LogP contribution is 2.23. The van der Waals surface area contributed by atoms with Gasteiger partial charge in [-0.1, -0.05) is 23.3 Å². The van der Waals surface area contributed by atoms with Gasteiger partial charge in [-0.2, -0.15) is 4.68 Å². The summed E-state index contributed by atoms with van der Waals surface area (Å²) in [6.07, 6.45) is 1.45. The molecule has 0 aliphatic rings. The molecule has 128 valence electrons. The van der Waals surface area contributed by atoms with Crippen LogP contribution in [0.1, 0.15) is 10.6 Å². The number of aromatic nitrogens is 4. The molecule has 0 bridgehead atoms. The van der Waals surface area contributed by atoms with E-state index in [4.69, 9.17) is 9.15 Å². The summed E-state index contributed by atoms with van der Waals surface area (Å²) < 4.78 is 12.3. The number of furan rings is 1. The second-order valence-electron chi connectivity index (χ2n) is 5.27. The van der Waals surface area contributed by atoms with Crippen LogP contribution in [0.5, 0.6) is 11.8 Å². The van der Waals surface area contributed by atoms with Gasteiger partial charge in [0.15, 0.2) is 5.76 Å². The Balaban J connectivity index is 1.47. The predicted octanol–water partition coefficient (Wildman–Crippen LogP) is 3.30. The molecule has 0 aliphatic heterocycles. The topological polar surface area (TPSA) is 95.1 Å². The third-order valence-corrected chi connectivity index (χ3v) is 3.51. The molecule has 0 aliphatic carbocycles. The van der Waals surface area contributed by atoms with Crippen molar-refractivity contribution in [3.05, 3.63) is 78.8 Å². The van der Waals surface area contributed by atoms with Gasteiger partial charge in [-0.3, -0.25) is 4.79 Å². The number of hydrogen-bond donors (Lipinski definition) is 1. The van der Waals surface area contributed by atoms with E-state index in [9.17, 15) is 4.79 Å². The lowest BCUT2D eigenvalue weighted by atomic mass is 10.3. The highest BCUT2D eigenvalue weighted by molar-refractivity contribution is 6.02. The molecule has 0 atom stereocenters. The van der Waals surface area contributed by atoms with Gasteiger partial charge in [-0.15, -0.1) is 0 Å². The van der Waals surface area contributed by atoms with Gasteiger partial charge >= 0.3 is 6.01 Å². The van der Waals surface area contributed by atoms with Gasteiger partial charge in [-0.25, -0.2) is 0 Å². The Hall–Kier alpha value is -3.94. The van der Waals surface area contributed by atoms with Crippen LogP contribution in [0.3, 0.4) is 0 Å². The number of tetrazole rings is 1. The van der Waals surface area contributed by atoms with Gasteiger partial charge in [0, 0.05) is 5.69 Å². The summed E-state index contributed by atoms with van der Waals surface area (Å²) in [5.74, 6) is 0.456. The molecule has 0 radical (unpaired) electrons. The van der Waals surface area contributed by atoms with Crippen molar-refractivity contribution in [2.24, 2.45) is 0 Å². The second kappa shape index (κ2) is 6.89. The molecule has 0 unspecified atom stereocenters. The number of amides is 1. The zero-order chi connectivity index (χ0) is 17.8. The minimum absolute atomic E-state index is 0.239. The zero-order valence-electron chi connectivity index (χ0n) is 13.4. The highest BCUT2D eigenvalue weighted by atomic mass is 16.5. The molecular formula is C18H13N5O3. The minimum atomic E-state index is -0.323. The number of anilines is 1. The van der Waals surface area contributed by atoms with Crippen molar-refractivity contribution in [3.8, 4) is 17.4 Å². The Kier molecular flexibility index (Phi) is 4.13. The molecule has 4 rings (SSSR count). The van der Waals surface area contributed by atoms with Gasteiger partial charge in [0.25, 0.3) is 5.91 Å². The molecular weight excluding hydrogens is 334 g/mol. The summed E-state index contributed by atoms with van der Waals surface area (Å²) in [7, 11) is 0. The summed E-state index contributed by atoms with van der Waals surface area (Å²) >= 11 is 0.